The van der Waals surface area contributed by atoms with Gasteiger partial charge in [-0.1, -0.05) is 12.2 Å². The molecule has 2 heterocycles. The number of nitrogens with zero attached hydrogens (tertiary/aromatic N) is 3. The summed E-state index contributed by atoms with van der Waals surface area (Å²) in [5.41, 5.74) is 2.23. The van der Waals surface area contributed by atoms with Crippen LogP contribution in [0.15, 0.2) is 17.1 Å². The third kappa shape index (κ3) is 3.37. The van der Waals surface area contributed by atoms with Crippen LogP contribution in [-0.2, 0) is 13.5 Å². The van der Waals surface area contributed by atoms with Crippen molar-refractivity contribution in [2.24, 2.45) is 13.0 Å². The largest absolute Gasteiger partial charge is 0.342 e. The molecule has 1 aliphatic heterocycles. The molecule has 4 rings (SSSR count). The fourth-order valence-electron chi connectivity index (χ4n) is 4.39. The molecule has 1 saturated carbocycles. The first-order valence-corrected chi connectivity index (χ1v) is 9.93. The number of allylic oxidation sites excluding steroid dienone is 1. The molecular weight excluding hydrogens is 326 g/mol. The highest BCUT2D eigenvalue weighted by Crippen LogP contribution is 2.31. The van der Waals surface area contributed by atoms with Gasteiger partial charge in [0.15, 0.2) is 0 Å². The van der Waals surface area contributed by atoms with Crippen molar-refractivity contribution in [2.45, 2.75) is 44.6 Å². The first-order valence-electron chi connectivity index (χ1n) is 9.93. The minimum Gasteiger partial charge on any atom is -0.342 e. The molecule has 0 unspecified atom stereocenters. The maximum Gasteiger partial charge on any atom is 0.255 e. The molecule has 2 aliphatic carbocycles. The van der Waals surface area contributed by atoms with Gasteiger partial charge in [0.1, 0.15) is 0 Å². The van der Waals surface area contributed by atoms with Crippen molar-refractivity contribution in [1.29, 1.82) is 0 Å². The highest BCUT2D eigenvalue weighted by Gasteiger charge is 2.32. The number of piperidine rings is 1. The summed E-state index contributed by atoms with van der Waals surface area (Å²) in [7, 11) is 3.61. The third-order valence-electron chi connectivity index (χ3n) is 6.29. The third-order valence-corrected chi connectivity index (χ3v) is 6.29. The Morgan fingerprint density at radius 3 is 2.65 bits per heavy atom. The molecule has 1 saturated heterocycles. The Kier molecular flexibility index (Phi) is 4.74. The monoisotopic (exact) mass is 355 g/mol. The van der Waals surface area contributed by atoms with Crippen molar-refractivity contribution < 1.29 is 4.79 Å². The van der Waals surface area contributed by atoms with Crippen molar-refractivity contribution in [2.75, 3.05) is 26.7 Å². The highest BCUT2D eigenvalue weighted by molar-refractivity contribution is 5.98. The van der Waals surface area contributed by atoms with E-state index >= 15 is 0 Å². The van der Waals surface area contributed by atoms with E-state index in [4.69, 9.17) is 0 Å². The molecule has 0 bridgehead atoms. The lowest BCUT2D eigenvalue weighted by Crippen LogP contribution is -2.37. The summed E-state index contributed by atoms with van der Waals surface area (Å²) in [6.07, 6.45) is 12.6. The number of carbonyl (C=O) groups is 1. The SMILES string of the molecule is CN(CCC1CCN(C2CC2)CC1)C(=O)c1cn(C)c(=O)c2c1C=CC2. The minimum absolute atomic E-state index is 0.00613. The highest BCUT2D eigenvalue weighted by atomic mass is 16.2. The number of aryl methyl sites for hydroxylation is 1. The topological polar surface area (TPSA) is 45.5 Å². The average Bonchev–Trinajstić information content (AvgIpc) is 3.39. The Balaban J connectivity index is 1.37. The maximum atomic E-state index is 13.0. The van der Waals surface area contributed by atoms with Crippen LogP contribution < -0.4 is 5.56 Å². The lowest BCUT2D eigenvalue weighted by atomic mass is 9.93. The molecule has 0 spiro atoms. The van der Waals surface area contributed by atoms with E-state index in [0.29, 0.717) is 12.0 Å². The predicted molar refractivity (Wildman–Crippen MR) is 103 cm³/mol. The Labute approximate surface area is 155 Å². The number of amides is 1. The number of hydrogen-bond acceptors (Lipinski definition) is 3. The lowest BCUT2D eigenvalue weighted by Gasteiger charge is -2.32. The molecule has 0 aromatic carbocycles. The van der Waals surface area contributed by atoms with Crippen molar-refractivity contribution in [1.82, 2.24) is 14.4 Å². The average molecular weight is 355 g/mol. The number of carbonyl (C=O) groups excluding carboxylic acids is 1. The van der Waals surface area contributed by atoms with E-state index < -0.39 is 0 Å². The van der Waals surface area contributed by atoms with Crippen LogP contribution >= 0.6 is 0 Å². The van der Waals surface area contributed by atoms with Gasteiger partial charge in [-0.05, 0) is 63.1 Å². The zero-order chi connectivity index (χ0) is 18.3. The summed E-state index contributed by atoms with van der Waals surface area (Å²) in [6.45, 7) is 3.24. The van der Waals surface area contributed by atoms with Crippen molar-refractivity contribution in [3.8, 4) is 0 Å². The normalized spacial score (nSPS) is 20.4. The summed E-state index contributed by atoms with van der Waals surface area (Å²) in [6, 6.07) is 0.875. The second-order valence-corrected chi connectivity index (χ2v) is 8.18. The molecule has 1 aromatic rings. The van der Waals surface area contributed by atoms with E-state index in [2.05, 4.69) is 4.90 Å². The van der Waals surface area contributed by atoms with Crippen LogP contribution in [0.5, 0.6) is 0 Å². The smallest absolute Gasteiger partial charge is 0.255 e. The number of likely N-dealkylation sites (tertiary alicyclic amines) is 1. The first kappa shape index (κ1) is 17.5. The van der Waals surface area contributed by atoms with Crippen molar-refractivity contribution in [3.63, 3.8) is 0 Å². The lowest BCUT2D eigenvalue weighted by molar-refractivity contribution is 0.0776. The predicted octanol–water partition coefficient (Wildman–Crippen LogP) is 2.29. The van der Waals surface area contributed by atoms with Crippen molar-refractivity contribution >= 4 is 12.0 Å². The van der Waals surface area contributed by atoms with E-state index in [0.717, 1.165) is 36.1 Å². The quantitative estimate of drug-likeness (QED) is 0.814. The zero-order valence-electron chi connectivity index (χ0n) is 15.9. The number of fused-ring (bicyclic) bond motifs is 1. The Hall–Kier alpha value is -1.88. The second kappa shape index (κ2) is 7.03. The molecule has 0 atom stereocenters. The van der Waals surface area contributed by atoms with Gasteiger partial charge in [0.05, 0.1) is 5.56 Å². The van der Waals surface area contributed by atoms with Crippen LogP contribution in [-0.4, -0.2) is 53.0 Å². The maximum absolute atomic E-state index is 13.0. The summed E-state index contributed by atoms with van der Waals surface area (Å²) < 4.78 is 1.54. The fraction of sp³-hybridized carbons (Fsp3) is 0.619. The number of hydrogen-bond donors (Lipinski definition) is 0. The molecule has 3 aliphatic rings. The summed E-state index contributed by atoms with van der Waals surface area (Å²) in [5, 5.41) is 0. The Morgan fingerprint density at radius 2 is 1.96 bits per heavy atom. The minimum atomic E-state index is 0.00613. The zero-order valence-corrected chi connectivity index (χ0v) is 15.9. The van der Waals surface area contributed by atoms with E-state index in [-0.39, 0.29) is 11.5 Å². The van der Waals surface area contributed by atoms with Gasteiger partial charge in [0, 0.05) is 38.4 Å². The van der Waals surface area contributed by atoms with Gasteiger partial charge in [-0.25, -0.2) is 0 Å². The van der Waals surface area contributed by atoms with E-state index in [1.165, 1.54) is 38.8 Å². The van der Waals surface area contributed by atoms with Crippen LogP contribution in [0.4, 0.5) is 0 Å². The Morgan fingerprint density at radius 1 is 1.23 bits per heavy atom. The van der Waals surface area contributed by atoms with Crippen LogP contribution in [0, 0.1) is 5.92 Å². The van der Waals surface area contributed by atoms with E-state index in [1.54, 1.807) is 17.8 Å². The van der Waals surface area contributed by atoms with Crippen LogP contribution in [0.3, 0.4) is 0 Å². The second-order valence-electron chi connectivity index (χ2n) is 8.18. The van der Waals surface area contributed by atoms with E-state index in [9.17, 15) is 9.59 Å². The van der Waals surface area contributed by atoms with Gasteiger partial charge in [-0.15, -0.1) is 0 Å². The van der Waals surface area contributed by atoms with Gasteiger partial charge in [-0.3, -0.25) is 9.59 Å². The first-order chi connectivity index (χ1) is 12.5. The van der Waals surface area contributed by atoms with Gasteiger partial charge >= 0.3 is 0 Å². The number of aromatic nitrogens is 1. The van der Waals surface area contributed by atoms with E-state index in [1.807, 2.05) is 24.1 Å². The molecule has 2 fully saturated rings. The molecule has 140 valence electrons. The molecule has 0 N–H and O–H groups in total. The molecule has 5 nitrogen and oxygen atoms in total. The molecule has 0 radical (unpaired) electrons. The van der Waals surface area contributed by atoms with Gasteiger partial charge in [-0.2, -0.15) is 0 Å². The summed E-state index contributed by atoms with van der Waals surface area (Å²) in [4.78, 5) is 29.6. The fourth-order valence-corrected chi connectivity index (χ4v) is 4.39. The molecule has 1 amide bonds. The molecular formula is C21H29N3O2. The Bertz CT molecular complexity index is 783. The number of pyridine rings is 1. The number of rotatable bonds is 5. The van der Waals surface area contributed by atoms with Gasteiger partial charge in [0.2, 0.25) is 0 Å². The van der Waals surface area contributed by atoms with Crippen LogP contribution in [0.25, 0.3) is 6.08 Å². The van der Waals surface area contributed by atoms with Crippen LogP contribution in [0.2, 0.25) is 0 Å². The van der Waals surface area contributed by atoms with Gasteiger partial charge in [0.25, 0.3) is 11.5 Å². The summed E-state index contributed by atoms with van der Waals surface area (Å²) >= 11 is 0. The molecule has 26 heavy (non-hydrogen) atoms. The molecule has 5 heteroatoms. The standard InChI is InChI=1S/C21H29N3O2/c1-22(11-8-15-9-12-24(13-10-15)16-6-7-16)21(26)19-14-23(2)20(25)18-5-3-4-17(18)19/h3-4,14-16H,5-13H2,1-2H3. The van der Waals surface area contributed by atoms with Crippen molar-refractivity contribution in [3.05, 3.63) is 39.3 Å². The van der Waals surface area contributed by atoms with Crippen LogP contribution in [0.1, 0.15) is 53.6 Å². The summed E-state index contributed by atoms with van der Waals surface area (Å²) in [5.74, 6) is 0.754. The van der Waals surface area contributed by atoms with Gasteiger partial charge < -0.3 is 14.4 Å². The molecule has 1 aromatic heterocycles.